The Labute approximate surface area is 358 Å². The largest absolute Gasteiger partial charge is 0.463 e. The summed E-state index contributed by atoms with van der Waals surface area (Å²) in [7, 11) is 0. The number of esters is 2. The van der Waals surface area contributed by atoms with E-state index in [1.165, 1.54) is 57.8 Å². The lowest BCUT2D eigenvalue weighted by Gasteiger charge is -2.09. The Morgan fingerprint density at radius 3 is 1.39 bits per heavy atom. The monoisotopic (exact) mass is 879 g/mol. The van der Waals surface area contributed by atoms with Crippen LogP contribution in [0.15, 0.2) is 6.07 Å². The van der Waals surface area contributed by atoms with Gasteiger partial charge < -0.3 is 44.4 Å². The van der Waals surface area contributed by atoms with E-state index in [1.807, 2.05) is 13.8 Å². The maximum absolute atomic E-state index is 13.5. The van der Waals surface area contributed by atoms with Gasteiger partial charge in [0.15, 0.2) is 11.6 Å². The van der Waals surface area contributed by atoms with Crippen molar-refractivity contribution in [3.05, 3.63) is 29.3 Å². The number of unbranched alkanes of at least 4 members (excludes halogenated alkanes) is 13. The lowest BCUT2D eigenvalue weighted by molar-refractivity contribution is -0.147. The van der Waals surface area contributed by atoms with Crippen LogP contribution in [0.4, 0.5) is 17.6 Å². The highest BCUT2D eigenvalue weighted by Gasteiger charge is 2.23. The van der Waals surface area contributed by atoms with Crippen LogP contribution >= 0.6 is 0 Å². The molecule has 0 saturated carbocycles. The number of hydrogen-bond donors (Lipinski definition) is 3. The highest BCUT2D eigenvalue weighted by Crippen LogP contribution is 2.26. The van der Waals surface area contributed by atoms with Crippen LogP contribution in [0.3, 0.4) is 0 Å². The maximum atomic E-state index is 13.5. The van der Waals surface area contributed by atoms with Gasteiger partial charge in [-0.25, -0.2) is 13.6 Å². The van der Waals surface area contributed by atoms with Crippen LogP contribution in [-0.4, -0.2) is 108 Å². The SMILES string of the molecule is CC(C)OC(=O)CCCCCCCCCCCCCCCCC(=O)NCCCC(=O)NCCOCCOCC(=O)NCCOCCOCC(=O)Oc1c(F)c(F)cc(F)c1F. The summed E-state index contributed by atoms with van der Waals surface area (Å²) in [6.07, 6.45) is 18.2. The molecule has 0 bridgehead atoms. The van der Waals surface area contributed by atoms with Crippen molar-refractivity contribution >= 4 is 29.7 Å². The topological polar surface area (TPSA) is 177 Å². The Hall–Kier alpha value is -3.87. The van der Waals surface area contributed by atoms with Gasteiger partial charge in [-0.2, -0.15) is 8.78 Å². The van der Waals surface area contributed by atoms with Crippen molar-refractivity contribution in [1.29, 1.82) is 0 Å². The zero-order valence-electron chi connectivity index (χ0n) is 36.2. The molecule has 0 aliphatic carbocycles. The Kier molecular flexibility index (Phi) is 33.2. The van der Waals surface area contributed by atoms with Crippen molar-refractivity contribution in [1.82, 2.24) is 16.0 Å². The summed E-state index contributed by atoms with van der Waals surface area (Å²) in [5.41, 5.74) is 0. The van der Waals surface area contributed by atoms with E-state index in [2.05, 4.69) is 20.7 Å². The third-order valence-corrected chi connectivity index (χ3v) is 8.93. The molecule has 1 rings (SSSR count). The van der Waals surface area contributed by atoms with Crippen molar-refractivity contribution < 1.29 is 70.0 Å². The summed E-state index contributed by atoms with van der Waals surface area (Å²) in [4.78, 5) is 59.1. The van der Waals surface area contributed by atoms with E-state index in [0.717, 1.165) is 32.1 Å². The van der Waals surface area contributed by atoms with Crippen LogP contribution in [-0.2, 0) is 47.7 Å². The van der Waals surface area contributed by atoms with E-state index in [-0.39, 0.29) is 88.7 Å². The summed E-state index contributed by atoms with van der Waals surface area (Å²) < 4.78 is 83.7. The highest BCUT2D eigenvalue weighted by molar-refractivity contribution is 5.77. The van der Waals surface area contributed by atoms with E-state index in [9.17, 15) is 41.5 Å². The summed E-state index contributed by atoms with van der Waals surface area (Å²) in [6.45, 7) is 4.35. The van der Waals surface area contributed by atoms with Gasteiger partial charge in [0.05, 0.1) is 45.7 Å². The third-order valence-electron chi connectivity index (χ3n) is 8.93. The summed E-state index contributed by atoms with van der Waals surface area (Å²) >= 11 is 0. The number of ether oxygens (including phenoxy) is 6. The Bertz CT molecular complexity index is 1370. The van der Waals surface area contributed by atoms with Gasteiger partial charge in [-0.3, -0.25) is 19.2 Å². The molecular formula is C43H69F4N3O11. The van der Waals surface area contributed by atoms with E-state index >= 15 is 0 Å². The lowest BCUT2D eigenvalue weighted by Crippen LogP contribution is -2.31. The number of hydrogen-bond acceptors (Lipinski definition) is 11. The van der Waals surface area contributed by atoms with Crippen LogP contribution < -0.4 is 20.7 Å². The zero-order valence-corrected chi connectivity index (χ0v) is 36.2. The number of halogens is 4. The summed E-state index contributed by atoms with van der Waals surface area (Å²) in [6, 6.07) is -0.0135. The molecule has 1 aromatic rings. The average molecular weight is 880 g/mol. The average Bonchev–Trinajstić information content (AvgIpc) is 3.21. The highest BCUT2D eigenvalue weighted by atomic mass is 19.2. The molecule has 1 aromatic carbocycles. The Balaban J connectivity index is 1.81. The predicted molar refractivity (Wildman–Crippen MR) is 219 cm³/mol. The first kappa shape index (κ1) is 55.1. The Morgan fingerprint density at radius 1 is 0.475 bits per heavy atom. The van der Waals surface area contributed by atoms with Crippen LogP contribution in [0.25, 0.3) is 0 Å². The Morgan fingerprint density at radius 2 is 0.885 bits per heavy atom. The molecule has 3 amide bonds. The molecule has 3 N–H and O–H groups in total. The van der Waals surface area contributed by atoms with E-state index in [4.69, 9.17) is 23.7 Å². The molecule has 0 unspecified atom stereocenters. The third kappa shape index (κ3) is 31.6. The fourth-order valence-corrected chi connectivity index (χ4v) is 5.77. The molecule has 0 heterocycles. The fourth-order valence-electron chi connectivity index (χ4n) is 5.77. The van der Waals surface area contributed by atoms with Gasteiger partial charge in [0, 0.05) is 45.0 Å². The van der Waals surface area contributed by atoms with Crippen molar-refractivity contribution in [2.45, 2.75) is 136 Å². The first-order valence-corrected chi connectivity index (χ1v) is 21.7. The van der Waals surface area contributed by atoms with Gasteiger partial charge >= 0.3 is 11.9 Å². The number of amides is 3. The molecule has 61 heavy (non-hydrogen) atoms. The quantitative estimate of drug-likeness (QED) is 0.0215. The van der Waals surface area contributed by atoms with Gasteiger partial charge in [0.2, 0.25) is 35.1 Å². The first-order valence-electron chi connectivity index (χ1n) is 21.7. The number of benzene rings is 1. The molecular weight excluding hydrogens is 810 g/mol. The number of nitrogens with one attached hydrogen (secondary N) is 3. The second-order valence-corrected chi connectivity index (χ2v) is 14.7. The van der Waals surface area contributed by atoms with E-state index in [0.29, 0.717) is 38.8 Å². The lowest BCUT2D eigenvalue weighted by atomic mass is 10.0. The van der Waals surface area contributed by atoms with Gasteiger partial charge in [-0.1, -0.05) is 77.0 Å². The van der Waals surface area contributed by atoms with Crippen molar-refractivity contribution in [2.75, 3.05) is 72.5 Å². The van der Waals surface area contributed by atoms with Crippen molar-refractivity contribution in [3.8, 4) is 5.75 Å². The van der Waals surface area contributed by atoms with Crippen molar-refractivity contribution in [2.24, 2.45) is 0 Å². The fraction of sp³-hybridized carbons (Fsp3) is 0.744. The normalized spacial score (nSPS) is 11.1. The molecule has 0 radical (unpaired) electrons. The minimum absolute atomic E-state index is 0.00109. The smallest absolute Gasteiger partial charge is 0.337 e. The zero-order chi connectivity index (χ0) is 44.9. The maximum Gasteiger partial charge on any atom is 0.337 e. The first-order chi connectivity index (χ1) is 29.4. The molecule has 0 aromatic heterocycles. The second kappa shape index (κ2) is 36.8. The van der Waals surface area contributed by atoms with Crippen LogP contribution in [0, 0.1) is 23.3 Å². The van der Waals surface area contributed by atoms with Gasteiger partial charge in [-0.15, -0.1) is 0 Å². The number of rotatable bonds is 39. The standard InChI is InChI=1S/C43H69F4N3O11/c1-33(2)60-39(54)20-16-14-12-10-8-6-4-3-5-7-9-11-13-15-18-36(51)48-21-17-19-37(52)49-22-24-56-26-28-58-31-38(53)50-23-25-57-27-29-59-32-40(55)61-43-41(46)34(44)30-35(45)42(43)47/h30,33H,3-29,31-32H2,1-2H3,(H,48,51)(H,49,52)(H,50,53). The van der Waals surface area contributed by atoms with Gasteiger partial charge in [0.25, 0.3) is 0 Å². The minimum atomic E-state index is -1.85. The minimum Gasteiger partial charge on any atom is -0.463 e. The summed E-state index contributed by atoms with van der Waals surface area (Å²) in [5, 5.41) is 8.20. The predicted octanol–water partition coefficient (Wildman–Crippen LogP) is 6.54. The second-order valence-electron chi connectivity index (χ2n) is 14.7. The van der Waals surface area contributed by atoms with Crippen LogP contribution in [0.1, 0.15) is 129 Å². The molecule has 0 aliphatic heterocycles. The van der Waals surface area contributed by atoms with E-state index < -0.39 is 41.6 Å². The molecule has 0 fully saturated rings. The van der Waals surface area contributed by atoms with Crippen LogP contribution in [0.2, 0.25) is 0 Å². The van der Waals surface area contributed by atoms with Gasteiger partial charge in [0.1, 0.15) is 13.2 Å². The summed E-state index contributed by atoms with van der Waals surface area (Å²) in [5.74, 6) is -10.5. The molecule has 0 atom stereocenters. The molecule has 0 aliphatic rings. The number of carbonyl (C=O) groups is 5. The van der Waals surface area contributed by atoms with E-state index in [1.54, 1.807) is 0 Å². The molecule has 18 heteroatoms. The van der Waals surface area contributed by atoms with Crippen LogP contribution in [0.5, 0.6) is 5.75 Å². The molecule has 14 nitrogen and oxygen atoms in total. The van der Waals surface area contributed by atoms with Gasteiger partial charge in [-0.05, 0) is 33.1 Å². The molecule has 0 spiro atoms. The number of carbonyl (C=O) groups excluding carboxylic acids is 5. The van der Waals surface area contributed by atoms with Crippen molar-refractivity contribution in [3.63, 3.8) is 0 Å². The molecule has 0 saturated heterocycles. The molecule has 350 valence electrons.